The summed E-state index contributed by atoms with van der Waals surface area (Å²) in [6.07, 6.45) is 7.69. The molecule has 104 valence electrons. The molecule has 2 aromatic rings. The SMILES string of the molecule is Cc1ccncc1N1c2ccncc2N(CCN)[C@@H]1C. The van der Waals surface area contributed by atoms with Gasteiger partial charge in [-0.25, -0.2) is 0 Å². The highest BCUT2D eigenvalue weighted by Crippen LogP contribution is 2.43. The largest absolute Gasteiger partial charge is 0.347 e. The number of pyridine rings is 2. The van der Waals surface area contributed by atoms with Gasteiger partial charge in [-0.15, -0.1) is 0 Å². The smallest absolute Gasteiger partial charge is 0.104 e. The molecule has 1 aliphatic heterocycles. The number of hydrogen-bond acceptors (Lipinski definition) is 5. The van der Waals surface area contributed by atoms with Gasteiger partial charge < -0.3 is 15.5 Å². The molecule has 2 N–H and O–H groups in total. The minimum absolute atomic E-state index is 0.209. The lowest BCUT2D eigenvalue weighted by Gasteiger charge is -2.30. The number of rotatable bonds is 3. The van der Waals surface area contributed by atoms with Crippen LogP contribution in [0.1, 0.15) is 12.5 Å². The van der Waals surface area contributed by atoms with E-state index in [1.54, 1.807) is 0 Å². The predicted molar refractivity (Wildman–Crippen MR) is 81.2 cm³/mol. The molecule has 3 heterocycles. The zero-order chi connectivity index (χ0) is 14.1. The summed E-state index contributed by atoms with van der Waals surface area (Å²) in [6, 6.07) is 4.09. The summed E-state index contributed by atoms with van der Waals surface area (Å²) in [6.45, 7) is 5.73. The Hall–Kier alpha value is -2.14. The van der Waals surface area contributed by atoms with E-state index in [1.165, 1.54) is 5.56 Å². The summed E-state index contributed by atoms with van der Waals surface area (Å²) in [5.74, 6) is 0. The third-order valence-electron chi connectivity index (χ3n) is 3.81. The minimum atomic E-state index is 0.209. The second kappa shape index (κ2) is 5.09. The first kappa shape index (κ1) is 12.9. The molecule has 0 aliphatic carbocycles. The molecule has 0 spiro atoms. The van der Waals surface area contributed by atoms with E-state index in [0.29, 0.717) is 6.54 Å². The fourth-order valence-corrected chi connectivity index (χ4v) is 2.83. The third-order valence-corrected chi connectivity index (χ3v) is 3.81. The van der Waals surface area contributed by atoms with Crippen LogP contribution in [0.2, 0.25) is 0 Å². The average molecular weight is 269 g/mol. The Morgan fingerprint density at radius 1 is 1.10 bits per heavy atom. The van der Waals surface area contributed by atoms with Gasteiger partial charge in [0.1, 0.15) is 6.17 Å². The molecule has 0 saturated carbocycles. The van der Waals surface area contributed by atoms with Crippen LogP contribution < -0.4 is 15.5 Å². The van der Waals surface area contributed by atoms with Crippen LogP contribution in [0.25, 0.3) is 0 Å². The molecular formula is C15H19N5. The summed E-state index contributed by atoms with van der Waals surface area (Å²) in [5.41, 5.74) is 10.4. The van der Waals surface area contributed by atoms with Crippen molar-refractivity contribution in [2.45, 2.75) is 20.0 Å². The summed E-state index contributed by atoms with van der Waals surface area (Å²) < 4.78 is 0. The lowest BCUT2D eigenvalue weighted by molar-refractivity contribution is 0.674. The lowest BCUT2D eigenvalue weighted by atomic mass is 10.2. The highest BCUT2D eigenvalue weighted by molar-refractivity contribution is 5.83. The second-order valence-electron chi connectivity index (χ2n) is 5.01. The first-order valence-electron chi connectivity index (χ1n) is 6.84. The van der Waals surface area contributed by atoms with Gasteiger partial charge in [0.25, 0.3) is 0 Å². The molecule has 20 heavy (non-hydrogen) atoms. The van der Waals surface area contributed by atoms with Gasteiger partial charge in [-0.1, -0.05) is 0 Å². The number of hydrogen-bond donors (Lipinski definition) is 1. The van der Waals surface area contributed by atoms with Crippen LogP contribution in [-0.2, 0) is 0 Å². The predicted octanol–water partition coefficient (Wildman–Crippen LogP) is 2.05. The maximum Gasteiger partial charge on any atom is 0.104 e. The van der Waals surface area contributed by atoms with Gasteiger partial charge >= 0.3 is 0 Å². The van der Waals surface area contributed by atoms with Crippen molar-refractivity contribution in [3.8, 4) is 0 Å². The molecule has 0 bridgehead atoms. The molecule has 3 rings (SSSR count). The molecule has 5 nitrogen and oxygen atoms in total. The van der Waals surface area contributed by atoms with Crippen LogP contribution in [0.3, 0.4) is 0 Å². The van der Waals surface area contributed by atoms with Crippen molar-refractivity contribution in [1.29, 1.82) is 0 Å². The van der Waals surface area contributed by atoms with Gasteiger partial charge in [-0.2, -0.15) is 0 Å². The van der Waals surface area contributed by atoms with Crippen molar-refractivity contribution in [3.05, 3.63) is 42.5 Å². The van der Waals surface area contributed by atoms with Crippen LogP contribution in [-0.4, -0.2) is 29.2 Å². The number of aromatic nitrogens is 2. The Morgan fingerprint density at radius 3 is 2.50 bits per heavy atom. The van der Waals surface area contributed by atoms with E-state index in [-0.39, 0.29) is 6.17 Å². The van der Waals surface area contributed by atoms with Gasteiger partial charge in [0, 0.05) is 25.5 Å². The van der Waals surface area contributed by atoms with Crippen molar-refractivity contribution < 1.29 is 0 Å². The lowest BCUT2D eigenvalue weighted by Crippen LogP contribution is -2.41. The number of nitrogens with zero attached hydrogens (tertiary/aromatic N) is 4. The standard InChI is InChI=1S/C15H19N5/c1-11-3-6-17-9-14(11)20-12(2)19(8-5-16)15-10-18-7-4-13(15)20/h3-4,6-7,9-10,12H,5,8,16H2,1-2H3/t12-/m0/s1. The second-order valence-corrected chi connectivity index (χ2v) is 5.01. The zero-order valence-corrected chi connectivity index (χ0v) is 11.8. The molecule has 0 radical (unpaired) electrons. The monoisotopic (exact) mass is 269 g/mol. The van der Waals surface area contributed by atoms with Crippen LogP contribution in [0.15, 0.2) is 36.9 Å². The van der Waals surface area contributed by atoms with E-state index in [4.69, 9.17) is 5.73 Å². The molecule has 0 aromatic carbocycles. The normalized spacial score (nSPS) is 17.4. The Bertz CT molecular complexity index is 613. The third kappa shape index (κ3) is 1.91. The van der Waals surface area contributed by atoms with Crippen molar-refractivity contribution in [3.63, 3.8) is 0 Å². The topological polar surface area (TPSA) is 58.3 Å². The summed E-state index contributed by atoms with van der Waals surface area (Å²) >= 11 is 0. The van der Waals surface area contributed by atoms with Gasteiger partial charge in [0.05, 0.1) is 29.5 Å². The minimum Gasteiger partial charge on any atom is -0.347 e. The molecule has 2 aromatic heterocycles. The fraction of sp³-hybridized carbons (Fsp3) is 0.333. The van der Waals surface area contributed by atoms with Crippen molar-refractivity contribution >= 4 is 17.1 Å². The van der Waals surface area contributed by atoms with Gasteiger partial charge in [0.15, 0.2) is 0 Å². The number of nitrogens with two attached hydrogens (primary N) is 1. The van der Waals surface area contributed by atoms with Crippen molar-refractivity contribution in [2.75, 3.05) is 22.9 Å². The Kier molecular flexibility index (Phi) is 3.28. The zero-order valence-electron chi connectivity index (χ0n) is 11.8. The van der Waals surface area contributed by atoms with Gasteiger partial charge in [-0.3, -0.25) is 9.97 Å². The highest BCUT2D eigenvalue weighted by atomic mass is 15.4. The van der Waals surface area contributed by atoms with E-state index in [0.717, 1.165) is 23.6 Å². The number of aryl methyl sites for hydroxylation is 1. The van der Waals surface area contributed by atoms with Crippen LogP contribution in [0.4, 0.5) is 17.1 Å². The van der Waals surface area contributed by atoms with E-state index >= 15 is 0 Å². The molecule has 0 fully saturated rings. The Labute approximate surface area is 119 Å². The first-order valence-corrected chi connectivity index (χ1v) is 6.84. The van der Waals surface area contributed by atoms with E-state index in [2.05, 4.69) is 39.7 Å². The average Bonchev–Trinajstić information content (AvgIpc) is 2.73. The quantitative estimate of drug-likeness (QED) is 0.924. The first-order chi connectivity index (χ1) is 9.74. The number of fused-ring (bicyclic) bond motifs is 1. The maximum absolute atomic E-state index is 5.75. The highest BCUT2D eigenvalue weighted by Gasteiger charge is 2.34. The van der Waals surface area contributed by atoms with E-state index in [1.807, 2.05) is 30.9 Å². The fourth-order valence-electron chi connectivity index (χ4n) is 2.83. The van der Waals surface area contributed by atoms with Crippen molar-refractivity contribution in [1.82, 2.24) is 9.97 Å². The molecule has 5 heteroatoms. The Balaban J connectivity index is 2.11. The van der Waals surface area contributed by atoms with E-state index in [9.17, 15) is 0 Å². The molecule has 0 amide bonds. The van der Waals surface area contributed by atoms with E-state index < -0.39 is 0 Å². The summed E-state index contributed by atoms with van der Waals surface area (Å²) in [7, 11) is 0. The summed E-state index contributed by atoms with van der Waals surface area (Å²) in [4.78, 5) is 13.1. The van der Waals surface area contributed by atoms with Gasteiger partial charge in [0.2, 0.25) is 0 Å². The van der Waals surface area contributed by atoms with Gasteiger partial charge in [-0.05, 0) is 31.5 Å². The van der Waals surface area contributed by atoms with Crippen LogP contribution in [0, 0.1) is 6.92 Å². The molecule has 1 aliphatic rings. The van der Waals surface area contributed by atoms with Crippen LogP contribution in [0.5, 0.6) is 0 Å². The maximum atomic E-state index is 5.75. The van der Waals surface area contributed by atoms with Crippen molar-refractivity contribution in [2.24, 2.45) is 5.73 Å². The molecule has 0 saturated heterocycles. The summed E-state index contributed by atoms with van der Waals surface area (Å²) in [5, 5.41) is 0. The Morgan fingerprint density at radius 2 is 1.80 bits per heavy atom. The molecule has 1 atom stereocenters. The molecule has 0 unspecified atom stereocenters. The molecular weight excluding hydrogens is 250 g/mol. The van der Waals surface area contributed by atoms with Crippen LogP contribution >= 0.6 is 0 Å². The number of anilines is 3.